The lowest BCUT2D eigenvalue weighted by molar-refractivity contribution is -0.120. The van der Waals surface area contributed by atoms with E-state index in [-0.39, 0.29) is 18.9 Å². The summed E-state index contributed by atoms with van der Waals surface area (Å²) in [6.07, 6.45) is 0.286. The number of halogens is 1. The number of alkyl halides is 1. The SMILES string of the molecule is O=C(CCCl)NCc1nnnn1-c1ccccc1. The Labute approximate surface area is 109 Å². The molecule has 0 fully saturated rings. The highest BCUT2D eigenvalue weighted by Crippen LogP contribution is 2.06. The number of carbonyl (C=O) groups is 1. The third kappa shape index (κ3) is 3.04. The van der Waals surface area contributed by atoms with Gasteiger partial charge in [0.05, 0.1) is 12.2 Å². The average Bonchev–Trinajstić information content (AvgIpc) is 2.86. The van der Waals surface area contributed by atoms with Crippen LogP contribution in [0.1, 0.15) is 12.2 Å². The van der Waals surface area contributed by atoms with Gasteiger partial charge in [-0.1, -0.05) is 18.2 Å². The Hall–Kier alpha value is -1.95. The molecule has 18 heavy (non-hydrogen) atoms. The molecule has 7 heteroatoms. The van der Waals surface area contributed by atoms with Gasteiger partial charge in [0.1, 0.15) is 0 Å². The van der Waals surface area contributed by atoms with E-state index in [1.807, 2.05) is 30.3 Å². The van der Waals surface area contributed by atoms with Crippen LogP contribution in [0.15, 0.2) is 30.3 Å². The zero-order valence-corrected chi connectivity index (χ0v) is 10.3. The summed E-state index contributed by atoms with van der Waals surface area (Å²) in [6, 6.07) is 9.48. The molecular weight excluding hydrogens is 254 g/mol. The number of benzene rings is 1. The van der Waals surface area contributed by atoms with Gasteiger partial charge in [0.25, 0.3) is 0 Å². The Balaban J connectivity index is 2.07. The predicted molar refractivity (Wildman–Crippen MR) is 66.3 cm³/mol. The number of tetrazole rings is 1. The fourth-order valence-electron chi connectivity index (χ4n) is 1.44. The van der Waals surface area contributed by atoms with E-state index in [1.165, 1.54) is 0 Å². The number of amides is 1. The second-order valence-corrected chi connectivity index (χ2v) is 3.94. The summed E-state index contributed by atoms with van der Waals surface area (Å²) in [7, 11) is 0. The Morgan fingerprint density at radius 3 is 2.83 bits per heavy atom. The molecule has 2 rings (SSSR count). The molecule has 0 saturated carbocycles. The molecule has 0 saturated heterocycles. The second kappa shape index (κ2) is 6.11. The van der Waals surface area contributed by atoms with E-state index in [0.29, 0.717) is 11.7 Å². The minimum atomic E-state index is -0.118. The molecule has 0 bridgehead atoms. The first-order valence-electron chi connectivity index (χ1n) is 5.46. The number of nitrogens with zero attached hydrogens (tertiary/aromatic N) is 4. The molecule has 0 aliphatic rings. The molecule has 94 valence electrons. The Kier molecular flexibility index (Phi) is 4.25. The zero-order chi connectivity index (χ0) is 12.8. The van der Waals surface area contributed by atoms with E-state index in [1.54, 1.807) is 4.68 Å². The standard InChI is InChI=1S/C11H12ClN5O/c12-7-6-11(18)13-8-10-14-15-16-17(10)9-4-2-1-3-5-9/h1-5H,6-8H2,(H,13,18). The maximum atomic E-state index is 11.3. The molecule has 1 amide bonds. The van der Waals surface area contributed by atoms with Gasteiger partial charge in [-0.15, -0.1) is 16.7 Å². The summed E-state index contributed by atoms with van der Waals surface area (Å²) in [5.74, 6) is 0.756. The van der Waals surface area contributed by atoms with Gasteiger partial charge in [-0.25, -0.2) is 0 Å². The van der Waals surface area contributed by atoms with E-state index in [9.17, 15) is 4.79 Å². The first kappa shape index (κ1) is 12.5. The summed E-state index contributed by atoms with van der Waals surface area (Å²) in [5.41, 5.74) is 0.851. The number of rotatable bonds is 5. The molecule has 0 unspecified atom stereocenters. The van der Waals surface area contributed by atoms with Crippen molar-refractivity contribution in [3.05, 3.63) is 36.2 Å². The Morgan fingerprint density at radius 1 is 1.33 bits per heavy atom. The number of para-hydroxylation sites is 1. The van der Waals surface area contributed by atoms with Gasteiger partial charge in [-0.3, -0.25) is 4.79 Å². The molecular formula is C11H12ClN5O. The van der Waals surface area contributed by atoms with Crippen LogP contribution >= 0.6 is 11.6 Å². The largest absolute Gasteiger partial charge is 0.349 e. The average molecular weight is 266 g/mol. The monoisotopic (exact) mass is 265 g/mol. The van der Waals surface area contributed by atoms with E-state index >= 15 is 0 Å². The summed E-state index contributed by atoms with van der Waals surface area (Å²) in [6.45, 7) is 0.275. The molecule has 0 aliphatic carbocycles. The second-order valence-electron chi connectivity index (χ2n) is 3.56. The Bertz CT molecular complexity index is 513. The molecule has 1 aromatic heterocycles. The lowest BCUT2D eigenvalue weighted by atomic mass is 10.3. The quantitative estimate of drug-likeness (QED) is 0.816. The van der Waals surface area contributed by atoms with Gasteiger partial charge in [-0.2, -0.15) is 4.68 Å². The van der Waals surface area contributed by atoms with E-state index < -0.39 is 0 Å². The van der Waals surface area contributed by atoms with E-state index in [4.69, 9.17) is 11.6 Å². The first-order chi connectivity index (χ1) is 8.81. The number of nitrogens with one attached hydrogen (secondary N) is 1. The lowest BCUT2D eigenvalue weighted by Crippen LogP contribution is -2.24. The van der Waals surface area contributed by atoms with Crippen LogP contribution in [0, 0.1) is 0 Å². The summed E-state index contributed by atoms with van der Waals surface area (Å²) < 4.78 is 1.58. The van der Waals surface area contributed by atoms with Crippen LogP contribution in [0.2, 0.25) is 0 Å². The van der Waals surface area contributed by atoms with Gasteiger partial charge >= 0.3 is 0 Å². The maximum absolute atomic E-state index is 11.3. The van der Waals surface area contributed by atoms with Crippen molar-refractivity contribution >= 4 is 17.5 Å². The van der Waals surface area contributed by atoms with Crippen LogP contribution in [-0.4, -0.2) is 32.0 Å². The van der Waals surface area contributed by atoms with Crippen molar-refractivity contribution in [3.8, 4) is 5.69 Å². The zero-order valence-electron chi connectivity index (χ0n) is 9.58. The summed E-state index contributed by atoms with van der Waals surface area (Å²) >= 11 is 5.48. The molecule has 0 atom stereocenters. The van der Waals surface area contributed by atoms with Gasteiger partial charge in [0.2, 0.25) is 5.91 Å². The molecule has 0 aliphatic heterocycles. The van der Waals surface area contributed by atoms with Crippen LogP contribution in [0.3, 0.4) is 0 Å². The fraction of sp³-hybridized carbons (Fsp3) is 0.273. The van der Waals surface area contributed by atoms with E-state index in [2.05, 4.69) is 20.8 Å². The van der Waals surface area contributed by atoms with E-state index in [0.717, 1.165) is 5.69 Å². The highest BCUT2D eigenvalue weighted by atomic mass is 35.5. The van der Waals surface area contributed by atoms with Crippen LogP contribution in [0.25, 0.3) is 5.69 Å². The number of carbonyl (C=O) groups excluding carboxylic acids is 1. The van der Waals surface area contributed by atoms with Crippen molar-refractivity contribution in [2.24, 2.45) is 0 Å². The fourth-order valence-corrected chi connectivity index (χ4v) is 1.61. The third-order valence-electron chi connectivity index (χ3n) is 2.30. The minimum Gasteiger partial charge on any atom is -0.349 e. The molecule has 1 aromatic carbocycles. The van der Waals surface area contributed by atoms with Gasteiger partial charge in [0.15, 0.2) is 5.82 Å². The molecule has 1 heterocycles. The van der Waals surface area contributed by atoms with Crippen molar-refractivity contribution in [3.63, 3.8) is 0 Å². The topological polar surface area (TPSA) is 72.7 Å². The molecule has 6 nitrogen and oxygen atoms in total. The number of aromatic nitrogens is 4. The van der Waals surface area contributed by atoms with Gasteiger partial charge < -0.3 is 5.32 Å². The maximum Gasteiger partial charge on any atom is 0.221 e. The van der Waals surface area contributed by atoms with Crippen LogP contribution in [0.5, 0.6) is 0 Å². The summed E-state index contributed by atoms with van der Waals surface area (Å²) in [5, 5.41) is 14.1. The highest BCUT2D eigenvalue weighted by Gasteiger charge is 2.09. The van der Waals surface area contributed by atoms with Gasteiger partial charge in [0, 0.05) is 12.3 Å². The summed E-state index contributed by atoms with van der Waals surface area (Å²) in [4.78, 5) is 11.3. The Morgan fingerprint density at radius 2 is 2.11 bits per heavy atom. The normalized spacial score (nSPS) is 10.3. The van der Waals surface area contributed by atoms with Crippen LogP contribution < -0.4 is 5.32 Å². The van der Waals surface area contributed by atoms with Crippen molar-refractivity contribution < 1.29 is 4.79 Å². The van der Waals surface area contributed by atoms with Crippen molar-refractivity contribution in [1.82, 2.24) is 25.5 Å². The van der Waals surface area contributed by atoms with Crippen molar-refractivity contribution in [2.45, 2.75) is 13.0 Å². The van der Waals surface area contributed by atoms with Gasteiger partial charge in [-0.05, 0) is 22.6 Å². The van der Waals surface area contributed by atoms with Crippen LogP contribution in [0.4, 0.5) is 0 Å². The number of hydrogen-bond acceptors (Lipinski definition) is 4. The van der Waals surface area contributed by atoms with Crippen molar-refractivity contribution in [1.29, 1.82) is 0 Å². The third-order valence-corrected chi connectivity index (χ3v) is 2.49. The molecule has 0 spiro atoms. The highest BCUT2D eigenvalue weighted by molar-refractivity contribution is 6.18. The smallest absolute Gasteiger partial charge is 0.221 e. The lowest BCUT2D eigenvalue weighted by Gasteiger charge is -2.05. The molecule has 2 aromatic rings. The molecule has 1 N–H and O–H groups in total. The van der Waals surface area contributed by atoms with Crippen molar-refractivity contribution in [2.75, 3.05) is 5.88 Å². The first-order valence-corrected chi connectivity index (χ1v) is 6.00. The van der Waals surface area contributed by atoms with Crippen LogP contribution in [-0.2, 0) is 11.3 Å². The predicted octanol–water partition coefficient (Wildman–Crippen LogP) is 0.907. The number of hydrogen-bond donors (Lipinski definition) is 1. The molecule has 0 radical (unpaired) electrons. The minimum absolute atomic E-state index is 0.118.